The first kappa shape index (κ1) is 23.2. The molecule has 0 aromatic heterocycles. The van der Waals surface area contributed by atoms with Gasteiger partial charge in [0.2, 0.25) is 5.91 Å². The van der Waals surface area contributed by atoms with Crippen molar-refractivity contribution in [2.75, 3.05) is 37.4 Å². The number of likely N-dealkylation sites (N-methyl/N-ethyl adjacent to an activating group) is 1. The summed E-state index contributed by atoms with van der Waals surface area (Å²) in [5.41, 5.74) is 2.81. The Bertz CT molecular complexity index is 1190. The molecule has 2 aliphatic heterocycles. The van der Waals surface area contributed by atoms with Gasteiger partial charge >= 0.3 is 0 Å². The molecule has 1 N–H and O–H groups in total. The molecule has 2 aromatic rings. The molecule has 174 valence electrons. The minimum absolute atomic E-state index is 0.137. The third kappa shape index (κ3) is 4.43. The minimum atomic E-state index is -0.406. The Morgan fingerprint density at radius 1 is 1.03 bits per heavy atom. The lowest BCUT2D eigenvalue weighted by atomic mass is 10.00. The molecule has 0 atom stereocenters. The summed E-state index contributed by atoms with van der Waals surface area (Å²) in [6, 6.07) is 15.5. The number of nitrogens with one attached hydrogen (secondary N) is 1. The van der Waals surface area contributed by atoms with Gasteiger partial charge in [-0.3, -0.25) is 14.4 Å². The molecule has 0 saturated carbocycles. The van der Waals surface area contributed by atoms with Crippen molar-refractivity contribution in [1.82, 2.24) is 9.80 Å². The van der Waals surface area contributed by atoms with E-state index in [9.17, 15) is 14.4 Å². The number of nitrogens with zero attached hydrogens (tertiary/aromatic N) is 4. The summed E-state index contributed by atoms with van der Waals surface area (Å²) in [6.45, 7) is 3.27. The van der Waals surface area contributed by atoms with Crippen molar-refractivity contribution in [3.8, 4) is 6.07 Å². The zero-order valence-corrected chi connectivity index (χ0v) is 19.5. The van der Waals surface area contributed by atoms with Crippen molar-refractivity contribution in [2.24, 2.45) is 0 Å². The largest absolute Gasteiger partial charge is 0.366 e. The van der Waals surface area contributed by atoms with Crippen molar-refractivity contribution < 1.29 is 14.4 Å². The summed E-state index contributed by atoms with van der Waals surface area (Å²) in [7, 11) is 3.96. The van der Waals surface area contributed by atoms with Gasteiger partial charge in [-0.1, -0.05) is 12.1 Å². The van der Waals surface area contributed by atoms with E-state index in [0.717, 1.165) is 25.9 Å². The van der Waals surface area contributed by atoms with Gasteiger partial charge in [-0.25, -0.2) is 4.90 Å². The van der Waals surface area contributed by atoms with Crippen LogP contribution in [0.2, 0.25) is 0 Å². The van der Waals surface area contributed by atoms with Crippen molar-refractivity contribution in [3.05, 3.63) is 65.4 Å². The number of amides is 3. The summed E-state index contributed by atoms with van der Waals surface area (Å²) >= 11 is 0. The molecule has 1 saturated heterocycles. The van der Waals surface area contributed by atoms with Crippen molar-refractivity contribution in [1.29, 1.82) is 5.26 Å². The van der Waals surface area contributed by atoms with Gasteiger partial charge in [-0.15, -0.1) is 0 Å². The number of carbonyl (C=O) groups excluding carboxylic acids is 3. The second-order valence-electron chi connectivity index (χ2n) is 8.73. The van der Waals surface area contributed by atoms with E-state index in [0.29, 0.717) is 33.8 Å². The highest BCUT2D eigenvalue weighted by Gasteiger charge is 2.43. The number of imide groups is 1. The van der Waals surface area contributed by atoms with Crippen LogP contribution in [-0.2, 0) is 14.4 Å². The number of anilines is 2. The Morgan fingerprint density at radius 3 is 2.21 bits per heavy atom. The van der Waals surface area contributed by atoms with Gasteiger partial charge in [0.15, 0.2) is 0 Å². The van der Waals surface area contributed by atoms with Crippen molar-refractivity contribution in [2.45, 2.75) is 25.8 Å². The molecule has 8 heteroatoms. The maximum atomic E-state index is 13.7. The number of hydrogen-bond donors (Lipinski definition) is 1. The number of carbonyl (C=O) groups is 3. The van der Waals surface area contributed by atoms with E-state index in [-0.39, 0.29) is 17.9 Å². The van der Waals surface area contributed by atoms with E-state index in [1.165, 1.54) is 11.8 Å². The normalized spacial score (nSPS) is 17.2. The topological polar surface area (TPSA) is 96.8 Å². The van der Waals surface area contributed by atoms with Crippen LogP contribution in [0.25, 0.3) is 5.57 Å². The standard InChI is InChI=1S/C26H27N5O3/c1-17(32)28-20-8-6-19(7-9-20)23-24(30(3)21-12-14-29(2)15-13-21)26(34)31(25(23)33)22-10-4-18(16-27)5-11-22/h4-11,21H,12-15H2,1-3H3,(H,28,32). The highest BCUT2D eigenvalue weighted by Crippen LogP contribution is 2.36. The van der Waals surface area contributed by atoms with E-state index < -0.39 is 5.91 Å². The molecule has 0 spiro atoms. The molecule has 4 rings (SSSR count). The van der Waals surface area contributed by atoms with Gasteiger partial charge in [0.25, 0.3) is 11.8 Å². The lowest BCUT2D eigenvalue weighted by Gasteiger charge is -2.36. The van der Waals surface area contributed by atoms with E-state index in [2.05, 4.69) is 23.3 Å². The predicted octanol–water partition coefficient (Wildman–Crippen LogP) is 2.83. The van der Waals surface area contributed by atoms with Crippen LogP contribution in [-0.4, -0.2) is 60.7 Å². The van der Waals surface area contributed by atoms with E-state index in [4.69, 9.17) is 5.26 Å². The highest BCUT2D eigenvalue weighted by molar-refractivity contribution is 6.45. The average Bonchev–Trinajstić information content (AvgIpc) is 3.09. The number of likely N-dealkylation sites (tertiary alicyclic amines) is 1. The highest BCUT2D eigenvalue weighted by atomic mass is 16.2. The second kappa shape index (κ2) is 9.49. The predicted molar refractivity (Wildman–Crippen MR) is 130 cm³/mol. The molecule has 34 heavy (non-hydrogen) atoms. The third-order valence-electron chi connectivity index (χ3n) is 6.40. The minimum Gasteiger partial charge on any atom is -0.366 e. The maximum Gasteiger partial charge on any atom is 0.282 e. The molecule has 2 aliphatic rings. The summed E-state index contributed by atoms with van der Waals surface area (Å²) < 4.78 is 0. The van der Waals surface area contributed by atoms with Gasteiger partial charge in [0.1, 0.15) is 5.70 Å². The number of benzene rings is 2. The van der Waals surface area contributed by atoms with Gasteiger partial charge in [0.05, 0.1) is 22.9 Å². The molecule has 2 heterocycles. The fraction of sp³-hybridized carbons (Fsp3) is 0.308. The molecule has 0 unspecified atom stereocenters. The molecule has 1 fully saturated rings. The monoisotopic (exact) mass is 457 g/mol. The fourth-order valence-corrected chi connectivity index (χ4v) is 4.51. The summed E-state index contributed by atoms with van der Waals surface area (Å²) in [5.74, 6) is -0.970. The first-order valence-electron chi connectivity index (χ1n) is 11.2. The van der Waals surface area contributed by atoms with Crippen LogP contribution >= 0.6 is 0 Å². The Morgan fingerprint density at radius 2 is 1.65 bits per heavy atom. The Labute approximate surface area is 199 Å². The van der Waals surface area contributed by atoms with Crippen LogP contribution in [0.15, 0.2) is 54.2 Å². The number of rotatable bonds is 5. The van der Waals surface area contributed by atoms with Crippen LogP contribution in [0.4, 0.5) is 11.4 Å². The first-order valence-corrected chi connectivity index (χ1v) is 11.2. The van der Waals surface area contributed by atoms with Crippen LogP contribution in [0.5, 0.6) is 0 Å². The SMILES string of the molecule is CC(=O)Nc1ccc(C2=C(N(C)C3CCN(C)CC3)C(=O)N(c3ccc(C#N)cc3)C2=O)cc1. The fourth-order valence-electron chi connectivity index (χ4n) is 4.51. The lowest BCUT2D eigenvalue weighted by Crippen LogP contribution is -2.43. The Balaban J connectivity index is 1.75. The summed E-state index contributed by atoms with van der Waals surface area (Å²) in [6.07, 6.45) is 1.78. The van der Waals surface area contributed by atoms with E-state index in [1.807, 2.05) is 11.9 Å². The van der Waals surface area contributed by atoms with Crippen LogP contribution in [0.1, 0.15) is 30.9 Å². The molecule has 0 aliphatic carbocycles. The smallest absolute Gasteiger partial charge is 0.282 e. The third-order valence-corrected chi connectivity index (χ3v) is 6.40. The Kier molecular flexibility index (Phi) is 6.48. The number of nitriles is 1. The number of piperidine rings is 1. The molecule has 3 amide bonds. The molecule has 0 radical (unpaired) electrons. The Hall–Kier alpha value is -3.96. The molecular formula is C26H27N5O3. The lowest BCUT2D eigenvalue weighted by molar-refractivity contribution is -0.121. The van der Waals surface area contributed by atoms with Gasteiger partial charge in [-0.2, -0.15) is 5.26 Å². The molecular weight excluding hydrogens is 430 g/mol. The zero-order chi connectivity index (χ0) is 24.4. The molecule has 0 bridgehead atoms. The summed E-state index contributed by atoms with van der Waals surface area (Å²) in [5, 5.41) is 11.8. The molecule has 8 nitrogen and oxygen atoms in total. The van der Waals surface area contributed by atoms with Gasteiger partial charge in [0, 0.05) is 25.7 Å². The van der Waals surface area contributed by atoms with Crippen LogP contribution in [0.3, 0.4) is 0 Å². The average molecular weight is 458 g/mol. The zero-order valence-electron chi connectivity index (χ0n) is 19.5. The van der Waals surface area contributed by atoms with Crippen LogP contribution < -0.4 is 10.2 Å². The van der Waals surface area contributed by atoms with Gasteiger partial charge < -0.3 is 15.1 Å². The molecule has 2 aromatic carbocycles. The van der Waals surface area contributed by atoms with Crippen molar-refractivity contribution in [3.63, 3.8) is 0 Å². The van der Waals surface area contributed by atoms with E-state index >= 15 is 0 Å². The van der Waals surface area contributed by atoms with Gasteiger partial charge in [-0.05, 0) is 74.9 Å². The van der Waals surface area contributed by atoms with Crippen molar-refractivity contribution >= 4 is 34.7 Å². The maximum absolute atomic E-state index is 13.7. The summed E-state index contributed by atoms with van der Waals surface area (Å²) in [4.78, 5) is 44.1. The van der Waals surface area contributed by atoms with E-state index in [1.54, 1.807) is 48.5 Å². The number of hydrogen-bond acceptors (Lipinski definition) is 6. The quantitative estimate of drug-likeness (QED) is 0.694. The first-order chi connectivity index (χ1) is 16.3. The van der Waals surface area contributed by atoms with Crippen LogP contribution in [0, 0.1) is 11.3 Å². The second-order valence-corrected chi connectivity index (χ2v) is 8.73.